The molecule has 5 nitrogen and oxygen atoms in total. The van der Waals surface area contributed by atoms with Gasteiger partial charge in [0.25, 0.3) is 5.91 Å². The average Bonchev–Trinajstić information content (AvgIpc) is 3.45. The molecule has 30 heavy (non-hydrogen) atoms. The van der Waals surface area contributed by atoms with E-state index in [0.717, 1.165) is 19.3 Å². The highest BCUT2D eigenvalue weighted by molar-refractivity contribution is 7.12. The predicted octanol–water partition coefficient (Wildman–Crippen LogP) is 5.09. The summed E-state index contributed by atoms with van der Waals surface area (Å²) in [5.74, 6) is -0.377. The Bertz CT molecular complexity index is 1070. The lowest BCUT2D eigenvalue weighted by molar-refractivity contribution is -0.116. The van der Waals surface area contributed by atoms with Crippen LogP contribution < -0.4 is 10.6 Å². The summed E-state index contributed by atoms with van der Waals surface area (Å²) < 4.78 is 0. The summed E-state index contributed by atoms with van der Waals surface area (Å²) in [6.45, 7) is 0. The van der Waals surface area contributed by atoms with Crippen LogP contribution in [0.2, 0.25) is 0 Å². The maximum atomic E-state index is 12.4. The van der Waals surface area contributed by atoms with Crippen molar-refractivity contribution in [3.8, 4) is 0 Å². The molecule has 1 aliphatic rings. The zero-order valence-corrected chi connectivity index (χ0v) is 17.3. The first-order valence-electron chi connectivity index (χ1n) is 9.98. The minimum Gasteiger partial charge on any atom is -0.326 e. The first-order chi connectivity index (χ1) is 14.6. The van der Waals surface area contributed by atoms with Crippen molar-refractivity contribution in [2.24, 2.45) is 0 Å². The molecule has 2 N–H and O–H groups in total. The van der Waals surface area contributed by atoms with E-state index in [1.807, 2.05) is 29.6 Å². The third-order valence-electron chi connectivity index (χ3n) is 5.17. The van der Waals surface area contributed by atoms with Crippen LogP contribution in [0.4, 0.5) is 11.4 Å². The smallest absolute Gasteiger partial charge is 0.265 e. The minimum atomic E-state index is -0.208. The Balaban J connectivity index is 1.26. The highest BCUT2D eigenvalue weighted by Gasteiger charge is 2.15. The van der Waals surface area contributed by atoms with E-state index in [0.29, 0.717) is 21.8 Å². The molecule has 1 aliphatic carbocycles. The molecule has 0 fully saturated rings. The second-order valence-electron chi connectivity index (χ2n) is 7.32. The van der Waals surface area contributed by atoms with Gasteiger partial charge in [0.2, 0.25) is 5.91 Å². The molecule has 0 aliphatic heterocycles. The van der Waals surface area contributed by atoms with E-state index in [-0.39, 0.29) is 30.4 Å². The van der Waals surface area contributed by atoms with Gasteiger partial charge in [0.05, 0.1) is 4.88 Å². The van der Waals surface area contributed by atoms with Crippen molar-refractivity contribution in [1.82, 2.24) is 0 Å². The molecular weight excluding hydrogens is 396 g/mol. The zero-order valence-electron chi connectivity index (χ0n) is 16.4. The molecule has 3 aromatic rings. The van der Waals surface area contributed by atoms with Crippen molar-refractivity contribution in [2.45, 2.75) is 32.1 Å². The molecule has 2 amide bonds. The quantitative estimate of drug-likeness (QED) is 0.525. The Hall–Kier alpha value is -3.25. The molecular formula is C24H22N2O3S. The molecule has 4 rings (SSSR count). The fourth-order valence-electron chi connectivity index (χ4n) is 3.58. The van der Waals surface area contributed by atoms with E-state index in [1.165, 1.54) is 22.5 Å². The van der Waals surface area contributed by atoms with Crippen LogP contribution in [0.25, 0.3) is 0 Å². The van der Waals surface area contributed by atoms with E-state index >= 15 is 0 Å². The summed E-state index contributed by atoms with van der Waals surface area (Å²) in [7, 11) is 0. The van der Waals surface area contributed by atoms with Crippen LogP contribution >= 0.6 is 11.3 Å². The summed E-state index contributed by atoms with van der Waals surface area (Å²) >= 11 is 1.38. The lowest BCUT2D eigenvalue weighted by atomic mass is 10.0. The zero-order chi connectivity index (χ0) is 20.9. The molecule has 0 spiro atoms. The number of carbonyl (C=O) groups excluding carboxylic acids is 3. The van der Waals surface area contributed by atoms with Gasteiger partial charge in [-0.1, -0.05) is 18.2 Å². The molecule has 0 unspecified atom stereocenters. The topological polar surface area (TPSA) is 75.3 Å². The Labute approximate surface area is 179 Å². The number of ketones is 1. The van der Waals surface area contributed by atoms with E-state index in [9.17, 15) is 14.4 Å². The Morgan fingerprint density at radius 1 is 0.833 bits per heavy atom. The molecule has 1 aromatic heterocycles. The van der Waals surface area contributed by atoms with Gasteiger partial charge in [0, 0.05) is 29.8 Å². The maximum absolute atomic E-state index is 12.4. The summed E-state index contributed by atoms with van der Waals surface area (Å²) in [6.07, 6.45) is 3.57. The van der Waals surface area contributed by atoms with Gasteiger partial charge >= 0.3 is 0 Å². The number of anilines is 2. The second kappa shape index (κ2) is 9.05. The molecule has 0 atom stereocenters. The van der Waals surface area contributed by atoms with E-state index in [4.69, 9.17) is 0 Å². The van der Waals surface area contributed by atoms with Crippen LogP contribution in [0.3, 0.4) is 0 Å². The standard InChI is InChI=1S/C24H22N2O3S/c27-21(18-7-6-16-3-1-4-17(16)15-18)12-13-23(28)25-19-8-10-20(11-9-19)26-24(29)22-5-2-14-30-22/h2,5-11,14-15H,1,3-4,12-13H2,(H,25,28)(H,26,29). The Kier molecular flexibility index (Phi) is 6.05. The van der Waals surface area contributed by atoms with E-state index in [2.05, 4.69) is 10.6 Å². The monoisotopic (exact) mass is 418 g/mol. The molecule has 1 heterocycles. The lowest BCUT2D eigenvalue weighted by Crippen LogP contribution is -2.14. The number of hydrogen-bond acceptors (Lipinski definition) is 4. The number of nitrogens with one attached hydrogen (secondary N) is 2. The molecule has 152 valence electrons. The van der Waals surface area contributed by atoms with Crippen LogP contribution in [-0.4, -0.2) is 17.6 Å². The van der Waals surface area contributed by atoms with Crippen LogP contribution in [0.5, 0.6) is 0 Å². The third-order valence-corrected chi connectivity index (χ3v) is 6.04. The summed E-state index contributed by atoms with van der Waals surface area (Å²) in [5, 5.41) is 7.46. The van der Waals surface area contributed by atoms with Crippen LogP contribution in [0.1, 0.15) is 50.4 Å². The van der Waals surface area contributed by atoms with Gasteiger partial charge in [-0.2, -0.15) is 0 Å². The van der Waals surface area contributed by atoms with Crippen molar-refractivity contribution < 1.29 is 14.4 Å². The van der Waals surface area contributed by atoms with Crippen molar-refractivity contribution in [3.05, 3.63) is 81.5 Å². The second-order valence-corrected chi connectivity index (χ2v) is 8.26. The van der Waals surface area contributed by atoms with Crippen molar-refractivity contribution in [2.75, 3.05) is 10.6 Å². The summed E-state index contributed by atoms with van der Waals surface area (Å²) in [5.41, 5.74) is 4.56. The van der Waals surface area contributed by atoms with Gasteiger partial charge in [-0.3, -0.25) is 14.4 Å². The number of aryl methyl sites for hydroxylation is 2. The minimum absolute atomic E-state index is 0.00788. The molecule has 0 radical (unpaired) electrons. The first-order valence-corrected chi connectivity index (χ1v) is 10.9. The molecule has 2 aromatic carbocycles. The predicted molar refractivity (Wildman–Crippen MR) is 119 cm³/mol. The fourth-order valence-corrected chi connectivity index (χ4v) is 4.20. The number of Topliss-reactive ketones (excluding diaryl/α,β-unsaturated/α-hetero) is 1. The molecule has 6 heteroatoms. The number of carbonyl (C=O) groups is 3. The van der Waals surface area contributed by atoms with E-state index in [1.54, 1.807) is 30.3 Å². The number of hydrogen-bond donors (Lipinski definition) is 2. The van der Waals surface area contributed by atoms with Crippen LogP contribution in [0.15, 0.2) is 60.0 Å². The van der Waals surface area contributed by atoms with Gasteiger partial charge in [-0.25, -0.2) is 0 Å². The molecule has 0 saturated heterocycles. The summed E-state index contributed by atoms with van der Waals surface area (Å²) in [6, 6.07) is 16.4. The Morgan fingerprint density at radius 2 is 1.57 bits per heavy atom. The normalized spacial score (nSPS) is 12.3. The lowest BCUT2D eigenvalue weighted by Gasteiger charge is -2.08. The molecule has 0 saturated carbocycles. The van der Waals surface area contributed by atoms with Gasteiger partial charge in [-0.05, 0) is 72.2 Å². The Morgan fingerprint density at radius 3 is 2.30 bits per heavy atom. The maximum Gasteiger partial charge on any atom is 0.265 e. The van der Waals surface area contributed by atoms with Gasteiger partial charge in [0.15, 0.2) is 5.78 Å². The average molecular weight is 419 g/mol. The van der Waals surface area contributed by atoms with Crippen molar-refractivity contribution >= 4 is 40.3 Å². The largest absolute Gasteiger partial charge is 0.326 e. The third kappa shape index (κ3) is 4.83. The van der Waals surface area contributed by atoms with Crippen molar-refractivity contribution in [3.63, 3.8) is 0 Å². The number of benzene rings is 2. The van der Waals surface area contributed by atoms with E-state index < -0.39 is 0 Å². The van der Waals surface area contributed by atoms with Crippen LogP contribution in [-0.2, 0) is 17.6 Å². The van der Waals surface area contributed by atoms with Gasteiger partial charge in [0.1, 0.15) is 0 Å². The number of rotatable bonds is 7. The van der Waals surface area contributed by atoms with Gasteiger partial charge < -0.3 is 10.6 Å². The number of thiophene rings is 1. The number of amides is 2. The summed E-state index contributed by atoms with van der Waals surface area (Å²) in [4.78, 5) is 37.4. The van der Waals surface area contributed by atoms with Crippen molar-refractivity contribution in [1.29, 1.82) is 0 Å². The highest BCUT2D eigenvalue weighted by atomic mass is 32.1. The fraction of sp³-hybridized carbons (Fsp3) is 0.208. The number of fused-ring (bicyclic) bond motifs is 1. The SMILES string of the molecule is O=C(CCC(=O)c1ccc2c(c1)CCC2)Nc1ccc(NC(=O)c2cccs2)cc1. The van der Waals surface area contributed by atoms with Crippen LogP contribution in [0, 0.1) is 0 Å². The highest BCUT2D eigenvalue weighted by Crippen LogP contribution is 2.23. The first kappa shape index (κ1) is 20.0. The van der Waals surface area contributed by atoms with Gasteiger partial charge in [-0.15, -0.1) is 11.3 Å². The molecule has 0 bridgehead atoms.